The van der Waals surface area contributed by atoms with Crippen molar-refractivity contribution in [3.63, 3.8) is 0 Å². The highest BCUT2D eigenvalue weighted by atomic mass is 32.1. The number of amides is 1. The fourth-order valence-corrected chi connectivity index (χ4v) is 5.86. The maximum Gasteiger partial charge on any atom is 0.223 e. The smallest absolute Gasteiger partial charge is 0.223 e. The highest BCUT2D eigenvalue weighted by molar-refractivity contribution is 7.09. The van der Waals surface area contributed by atoms with Gasteiger partial charge in [0.05, 0.1) is 12.1 Å². The van der Waals surface area contributed by atoms with Crippen LogP contribution in [0.15, 0.2) is 11.7 Å². The second-order valence-corrected chi connectivity index (χ2v) is 9.30. The van der Waals surface area contributed by atoms with Crippen LogP contribution in [0.5, 0.6) is 0 Å². The van der Waals surface area contributed by atoms with E-state index < -0.39 is 0 Å². The Morgan fingerprint density at radius 1 is 1.12 bits per heavy atom. The van der Waals surface area contributed by atoms with Crippen molar-refractivity contribution in [2.24, 2.45) is 5.92 Å². The summed E-state index contributed by atoms with van der Waals surface area (Å²) in [6, 6.07) is 0. The summed E-state index contributed by atoms with van der Waals surface area (Å²) in [5.74, 6) is 1.27. The van der Waals surface area contributed by atoms with Crippen molar-refractivity contribution in [2.75, 3.05) is 19.6 Å². The molecule has 5 heteroatoms. The first-order valence-corrected chi connectivity index (χ1v) is 11.0. The predicted octanol–water partition coefficient (Wildman–Crippen LogP) is 4.07. The molecule has 25 heavy (non-hydrogen) atoms. The van der Waals surface area contributed by atoms with Crippen LogP contribution in [0.3, 0.4) is 0 Å². The van der Waals surface area contributed by atoms with Crippen LogP contribution < -0.4 is 0 Å². The van der Waals surface area contributed by atoms with E-state index in [1.165, 1.54) is 69.5 Å². The van der Waals surface area contributed by atoms with Gasteiger partial charge >= 0.3 is 0 Å². The molecule has 0 bridgehead atoms. The lowest BCUT2D eigenvalue weighted by molar-refractivity contribution is -0.132. The largest absolute Gasteiger partial charge is 0.332 e. The average molecular weight is 362 g/mol. The minimum absolute atomic E-state index is 0.113. The summed E-state index contributed by atoms with van der Waals surface area (Å²) in [7, 11) is 0. The van der Waals surface area contributed by atoms with Gasteiger partial charge in [0.2, 0.25) is 5.91 Å². The highest BCUT2D eigenvalue weighted by Gasteiger charge is 2.45. The molecule has 1 saturated carbocycles. The van der Waals surface area contributed by atoms with Gasteiger partial charge in [0.25, 0.3) is 0 Å². The third-order valence-corrected chi connectivity index (χ3v) is 7.49. The van der Waals surface area contributed by atoms with Crippen molar-refractivity contribution in [1.29, 1.82) is 0 Å². The topological polar surface area (TPSA) is 36.4 Å². The van der Waals surface area contributed by atoms with Gasteiger partial charge < -0.3 is 9.80 Å². The lowest BCUT2D eigenvalue weighted by atomic mass is 9.87. The molecule has 1 aromatic rings. The fourth-order valence-electron chi connectivity index (χ4n) is 5.28. The van der Waals surface area contributed by atoms with Crippen molar-refractivity contribution in [2.45, 2.75) is 76.3 Å². The quantitative estimate of drug-likeness (QED) is 0.811. The molecule has 0 radical (unpaired) electrons. The molecule has 1 amide bonds. The molecule has 4 nitrogen and oxygen atoms in total. The fraction of sp³-hybridized carbons (Fsp3) is 0.800. The predicted molar refractivity (Wildman–Crippen MR) is 101 cm³/mol. The second-order valence-electron chi connectivity index (χ2n) is 8.33. The van der Waals surface area contributed by atoms with Crippen molar-refractivity contribution >= 4 is 17.2 Å². The van der Waals surface area contributed by atoms with Crippen LogP contribution in [0.1, 0.15) is 69.1 Å². The summed E-state index contributed by atoms with van der Waals surface area (Å²) in [5, 5.41) is 0. The first-order chi connectivity index (χ1) is 12.3. The summed E-state index contributed by atoms with van der Waals surface area (Å²) in [6.45, 7) is 4.45. The van der Waals surface area contributed by atoms with E-state index in [2.05, 4.69) is 14.8 Å². The van der Waals surface area contributed by atoms with E-state index in [1.54, 1.807) is 11.3 Å². The number of nitrogens with zero attached hydrogens (tertiary/aromatic N) is 3. The molecule has 4 rings (SSSR count). The zero-order valence-electron chi connectivity index (χ0n) is 15.3. The second kappa shape index (κ2) is 7.75. The number of hydrogen-bond acceptors (Lipinski definition) is 4. The van der Waals surface area contributed by atoms with Gasteiger partial charge in [-0.15, -0.1) is 11.3 Å². The minimum Gasteiger partial charge on any atom is -0.332 e. The van der Waals surface area contributed by atoms with Gasteiger partial charge in [-0.05, 0) is 51.0 Å². The summed E-state index contributed by atoms with van der Waals surface area (Å²) >= 11 is 1.67. The molecule has 0 aromatic carbocycles. The summed E-state index contributed by atoms with van der Waals surface area (Å²) in [4.78, 5) is 22.9. The maximum atomic E-state index is 12.6. The van der Waals surface area contributed by atoms with Crippen LogP contribution in [0.4, 0.5) is 0 Å². The van der Waals surface area contributed by atoms with Crippen LogP contribution in [-0.2, 0) is 11.3 Å². The minimum atomic E-state index is 0.113. The van der Waals surface area contributed by atoms with Crippen LogP contribution in [-0.4, -0.2) is 45.9 Å². The van der Waals surface area contributed by atoms with E-state index in [0.29, 0.717) is 5.91 Å². The Hall–Kier alpha value is -0.940. The summed E-state index contributed by atoms with van der Waals surface area (Å²) < 4.78 is 0. The molecule has 2 aliphatic heterocycles. The first kappa shape index (κ1) is 17.5. The Bertz CT molecular complexity index is 570. The number of carbonyl (C=O) groups is 1. The molecular formula is C20H31N3OS. The Kier molecular flexibility index (Phi) is 5.41. The SMILES string of the molecule is O=C1CC[C@]2(CCCN(CC3CCCCC3)CC2)N1Cc1cncs1. The third kappa shape index (κ3) is 3.92. The zero-order valence-corrected chi connectivity index (χ0v) is 16.1. The van der Waals surface area contributed by atoms with Crippen LogP contribution in [0.2, 0.25) is 0 Å². The van der Waals surface area contributed by atoms with E-state index >= 15 is 0 Å². The number of aromatic nitrogens is 1. The van der Waals surface area contributed by atoms with Crippen LogP contribution in [0.25, 0.3) is 0 Å². The molecule has 0 N–H and O–H groups in total. The molecule has 3 aliphatic rings. The lowest BCUT2D eigenvalue weighted by Crippen LogP contribution is -2.46. The number of thiazole rings is 1. The normalized spacial score (nSPS) is 29.4. The maximum absolute atomic E-state index is 12.6. The van der Waals surface area contributed by atoms with E-state index in [9.17, 15) is 4.79 Å². The molecular weight excluding hydrogens is 330 g/mol. The van der Waals surface area contributed by atoms with Gasteiger partial charge in [-0.2, -0.15) is 0 Å². The lowest BCUT2D eigenvalue weighted by Gasteiger charge is -2.38. The van der Waals surface area contributed by atoms with Crippen molar-refractivity contribution in [1.82, 2.24) is 14.8 Å². The van der Waals surface area contributed by atoms with Crippen LogP contribution in [0, 0.1) is 5.92 Å². The molecule has 138 valence electrons. The third-order valence-electron chi connectivity index (χ3n) is 6.73. The molecule has 3 fully saturated rings. The van der Waals surface area contributed by atoms with Crippen molar-refractivity contribution < 1.29 is 4.79 Å². The van der Waals surface area contributed by atoms with Crippen molar-refractivity contribution in [3.05, 3.63) is 16.6 Å². The van der Waals surface area contributed by atoms with E-state index in [-0.39, 0.29) is 5.54 Å². The van der Waals surface area contributed by atoms with Gasteiger partial charge in [-0.25, -0.2) is 0 Å². The standard InChI is InChI=1S/C20H31N3OS/c24-19-7-9-20(23(19)15-18-13-21-16-25-18)8-4-11-22(12-10-20)14-17-5-2-1-3-6-17/h13,16-17H,1-12,14-15H2/t20-/m0/s1. The number of carbonyl (C=O) groups excluding carboxylic acids is 1. The molecule has 1 aromatic heterocycles. The Labute approximate surface area is 155 Å². The van der Waals surface area contributed by atoms with Gasteiger partial charge in [0.15, 0.2) is 0 Å². The monoisotopic (exact) mass is 361 g/mol. The zero-order chi connectivity index (χ0) is 17.1. The number of hydrogen-bond donors (Lipinski definition) is 0. The Morgan fingerprint density at radius 3 is 2.80 bits per heavy atom. The average Bonchev–Trinajstić information content (AvgIpc) is 3.19. The molecule has 1 spiro atoms. The van der Waals surface area contributed by atoms with E-state index in [1.807, 2.05) is 11.7 Å². The molecule has 3 heterocycles. The van der Waals surface area contributed by atoms with Gasteiger partial charge in [-0.3, -0.25) is 9.78 Å². The molecule has 0 unspecified atom stereocenters. The molecule has 2 saturated heterocycles. The number of rotatable bonds is 4. The van der Waals surface area contributed by atoms with Crippen LogP contribution >= 0.6 is 11.3 Å². The van der Waals surface area contributed by atoms with Gasteiger partial charge in [0.1, 0.15) is 0 Å². The van der Waals surface area contributed by atoms with Crippen molar-refractivity contribution in [3.8, 4) is 0 Å². The van der Waals surface area contributed by atoms with E-state index in [4.69, 9.17) is 0 Å². The Balaban J connectivity index is 1.40. The first-order valence-electron chi connectivity index (χ1n) is 10.2. The van der Waals surface area contributed by atoms with Gasteiger partial charge in [0, 0.05) is 36.1 Å². The summed E-state index contributed by atoms with van der Waals surface area (Å²) in [5.41, 5.74) is 1.99. The van der Waals surface area contributed by atoms with E-state index in [0.717, 1.165) is 31.7 Å². The number of likely N-dealkylation sites (tertiary alicyclic amines) is 2. The Morgan fingerprint density at radius 2 is 2.00 bits per heavy atom. The highest BCUT2D eigenvalue weighted by Crippen LogP contribution is 2.40. The summed E-state index contributed by atoms with van der Waals surface area (Å²) in [6.07, 6.45) is 14.4. The molecule has 1 aliphatic carbocycles. The van der Waals surface area contributed by atoms with Gasteiger partial charge in [-0.1, -0.05) is 19.3 Å². The molecule has 1 atom stereocenters.